The number of hydrogen-bond acceptors (Lipinski definition) is 3. The fourth-order valence-corrected chi connectivity index (χ4v) is 3.97. The highest BCUT2D eigenvalue weighted by Crippen LogP contribution is 2.22. The lowest BCUT2D eigenvalue weighted by Gasteiger charge is -2.05. The van der Waals surface area contributed by atoms with Crippen LogP contribution in [0.1, 0.15) is 16.7 Å². The van der Waals surface area contributed by atoms with Crippen molar-refractivity contribution >= 4 is 10.9 Å². The van der Waals surface area contributed by atoms with Crippen molar-refractivity contribution in [2.75, 3.05) is 6.54 Å². The van der Waals surface area contributed by atoms with Crippen molar-refractivity contribution in [1.82, 2.24) is 25.1 Å². The predicted molar refractivity (Wildman–Crippen MR) is 125 cm³/mol. The molecule has 0 saturated carbocycles. The van der Waals surface area contributed by atoms with Gasteiger partial charge in [-0.25, -0.2) is 0 Å². The van der Waals surface area contributed by atoms with Crippen LogP contribution in [0.5, 0.6) is 0 Å². The molecule has 2 N–H and O–H groups in total. The highest BCUT2D eigenvalue weighted by atomic mass is 15.3. The Labute approximate surface area is 181 Å². The number of aromatic nitrogens is 4. The first kappa shape index (κ1) is 19.3. The van der Waals surface area contributed by atoms with Crippen LogP contribution in [0.2, 0.25) is 0 Å². The molecule has 0 aliphatic heterocycles. The molecule has 0 radical (unpaired) electrons. The van der Waals surface area contributed by atoms with Gasteiger partial charge in [-0.2, -0.15) is 5.10 Å². The van der Waals surface area contributed by atoms with Crippen molar-refractivity contribution in [2.24, 2.45) is 0 Å². The first-order valence-electron chi connectivity index (χ1n) is 10.6. The van der Waals surface area contributed by atoms with Crippen molar-refractivity contribution in [3.8, 4) is 11.3 Å². The maximum absolute atomic E-state index is 4.88. The fraction of sp³-hybridized carbons (Fsp3) is 0.154. The zero-order chi connectivity index (χ0) is 20.9. The number of fused-ring (bicyclic) bond motifs is 1. The van der Waals surface area contributed by atoms with E-state index < -0.39 is 0 Å². The minimum atomic E-state index is 0.753. The Bertz CT molecular complexity index is 1250. The number of pyridine rings is 1. The molecule has 5 aromatic rings. The van der Waals surface area contributed by atoms with Crippen molar-refractivity contribution in [2.45, 2.75) is 19.5 Å². The van der Waals surface area contributed by atoms with Crippen molar-refractivity contribution in [3.63, 3.8) is 0 Å². The average molecular weight is 408 g/mol. The molecule has 0 atom stereocenters. The number of hydrogen-bond donors (Lipinski definition) is 2. The van der Waals surface area contributed by atoms with Gasteiger partial charge in [-0.05, 0) is 42.3 Å². The molecule has 0 saturated heterocycles. The Kier molecular flexibility index (Phi) is 5.58. The minimum Gasteiger partial charge on any atom is -0.361 e. The summed E-state index contributed by atoms with van der Waals surface area (Å²) in [6, 6.07) is 22.9. The van der Waals surface area contributed by atoms with Crippen LogP contribution in [0.3, 0.4) is 0 Å². The van der Waals surface area contributed by atoms with E-state index in [-0.39, 0.29) is 0 Å². The van der Waals surface area contributed by atoms with Gasteiger partial charge < -0.3 is 10.3 Å². The molecule has 154 valence electrons. The van der Waals surface area contributed by atoms with Crippen LogP contribution < -0.4 is 5.32 Å². The van der Waals surface area contributed by atoms with Gasteiger partial charge in [-0.1, -0.05) is 48.5 Å². The molecule has 0 amide bonds. The molecule has 5 nitrogen and oxygen atoms in total. The minimum absolute atomic E-state index is 0.753. The summed E-state index contributed by atoms with van der Waals surface area (Å²) in [5.41, 5.74) is 6.99. The summed E-state index contributed by atoms with van der Waals surface area (Å²) in [5.74, 6) is 0. The summed E-state index contributed by atoms with van der Waals surface area (Å²) in [6.07, 6.45) is 8.91. The van der Waals surface area contributed by atoms with E-state index in [0.717, 1.165) is 37.3 Å². The molecule has 0 aliphatic carbocycles. The van der Waals surface area contributed by atoms with Crippen LogP contribution in [0.25, 0.3) is 22.2 Å². The van der Waals surface area contributed by atoms with Crippen LogP contribution in [0.15, 0.2) is 91.5 Å². The lowest BCUT2D eigenvalue weighted by molar-refractivity contribution is 0.676. The number of nitrogens with zero attached hydrogens (tertiary/aromatic N) is 3. The van der Waals surface area contributed by atoms with E-state index in [9.17, 15) is 0 Å². The SMILES string of the molecule is c1ccc(Cn2cc(CNCCc3c[nH]c4ccccc34)c(-c3cccnc3)n2)cc1. The van der Waals surface area contributed by atoms with E-state index in [1.54, 1.807) is 6.20 Å². The summed E-state index contributed by atoms with van der Waals surface area (Å²) >= 11 is 0. The molecular formula is C26H25N5. The zero-order valence-corrected chi connectivity index (χ0v) is 17.3. The third-order valence-electron chi connectivity index (χ3n) is 5.52. The normalized spacial score (nSPS) is 11.2. The van der Waals surface area contributed by atoms with Crippen molar-refractivity contribution < 1.29 is 0 Å². The fourth-order valence-electron chi connectivity index (χ4n) is 3.97. The van der Waals surface area contributed by atoms with Gasteiger partial charge >= 0.3 is 0 Å². The maximum atomic E-state index is 4.88. The first-order valence-corrected chi connectivity index (χ1v) is 10.6. The Morgan fingerprint density at radius 1 is 0.903 bits per heavy atom. The van der Waals surface area contributed by atoms with E-state index in [4.69, 9.17) is 5.10 Å². The van der Waals surface area contributed by atoms with Gasteiger partial charge in [0.15, 0.2) is 0 Å². The molecular weight excluding hydrogens is 382 g/mol. The third-order valence-corrected chi connectivity index (χ3v) is 5.52. The zero-order valence-electron chi connectivity index (χ0n) is 17.3. The smallest absolute Gasteiger partial charge is 0.0983 e. The monoisotopic (exact) mass is 407 g/mol. The quantitative estimate of drug-likeness (QED) is 0.363. The number of rotatable bonds is 8. The van der Waals surface area contributed by atoms with Gasteiger partial charge in [0.1, 0.15) is 0 Å². The van der Waals surface area contributed by atoms with E-state index in [2.05, 4.69) is 82.3 Å². The molecule has 0 unspecified atom stereocenters. The Hall–Kier alpha value is -3.70. The van der Waals surface area contributed by atoms with E-state index in [1.165, 1.54) is 27.6 Å². The second-order valence-electron chi connectivity index (χ2n) is 7.71. The molecule has 3 heterocycles. The molecule has 5 heteroatoms. The van der Waals surface area contributed by atoms with Crippen LogP contribution >= 0.6 is 0 Å². The van der Waals surface area contributed by atoms with E-state index in [1.807, 2.05) is 23.0 Å². The van der Waals surface area contributed by atoms with E-state index in [0.29, 0.717) is 0 Å². The average Bonchev–Trinajstić information content (AvgIpc) is 3.42. The lowest BCUT2D eigenvalue weighted by Crippen LogP contribution is -2.16. The standard InChI is InChI=1S/C26H25N5/c1-2-7-20(8-3-1)18-31-19-23(26(30-31)22-9-6-13-27-15-22)16-28-14-12-21-17-29-25-11-5-4-10-24(21)25/h1-11,13,15,17,19,28-29H,12,14,16,18H2. The highest BCUT2D eigenvalue weighted by Gasteiger charge is 2.12. The predicted octanol–water partition coefficient (Wildman–Crippen LogP) is 4.81. The Balaban J connectivity index is 1.30. The van der Waals surface area contributed by atoms with Crippen LogP contribution in [0.4, 0.5) is 0 Å². The summed E-state index contributed by atoms with van der Waals surface area (Å²) in [6.45, 7) is 2.42. The lowest BCUT2D eigenvalue weighted by atomic mass is 10.1. The highest BCUT2D eigenvalue weighted by molar-refractivity contribution is 5.83. The number of benzene rings is 2. The second kappa shape index (κ2) is 8.98. The summed E-state index contributed by atoms with van der Waals surface area (Å²) < 4.78 is 2.02. The Morgan fingerprint density at radius 3 is 2.65 bits per heavy atom. The molecule has 31 heavy (non-hydrogen) atoms. The Morgan fingerprint density at radius 2 is 1.77 bits per heavy atom. The van der Waals surface area contributed by atoms with Gasteiger partial charge in [-0.15, -0.1) is 0 Å². The van der Waals surface area contributed by atoms with Gasteiger partial charge in [0, 0.05) is 53.4 Å². The number of para-hydroxylation sites is 1. The molecule has 3 aromatic heterocycles. The molecule has 2 aromatic carbocycles. The number of H-pyrrole nitrogens is 1. The first-order chi connectivity index (χ1) is 15.4. The second-order valence-corrected chi connectivity index (χ2v) is 7.71. The molecule has 0 bridgehead atoms. The third kappa shape index (κ3) is 4.42. The maximum Gasteiger partial charge on any atom is 0.0983 e. The summed E-state index contributed by atoms with van der Waals surface area (Å²) in [7, 11) is 0. The molecule has 0 spiro atoms. The number of nitrogens with one attached hydrogen (secondary N) is 2. The molecule has 0 fully saturated rings. The number of aromatic amines is 1. The van der Waals surface area contributed by atoms with E-state index >= 15 is 0 Å². The van der Waals surface area contributed by atoms with Gasteiger partial charge in [0.2, 0.25) is 0 Å². The van der Waals surface area contributed by atoms with Crippen LogP contribution in [0, 0.1) is 0 Å². The molecule has 0 aliphatic rings. The topological polar surface area (TPSA) is 58.5 Å². The summed E-state index contributed by atoms with van der Waals surface area (Å²) in [5, 5.41) is 9.78. The van der Waals surface area contributed by atoms with Gasteiger partial charge in [0.05, 0.1) is 12.2 Å². The summed E-state index contributed by atoms with van der Waals surface area (Å²) in [4.78, 5) is 7.64. The van der Waals surface area contributed by atoms with Crippen molar-refractivity contribution in [3.05, 3.63) is 108 Å². The largest absolute Gasteiger partial charge is 0.361 e. The van der Waals surface area contributed by atoms with Crippen molar-refractivity contribution in [1.29, 1.82) is 0 Å². The van der Waals surface area contributed by atoms with Gasteiger partial charge in [-0.3, -0.25) is 9.67 Å². The van der Waals surface area contributed by atoms with Crippen LogP contribution in [-0.2, 0) is 19.5 Å². The van der Waals surface area contributed by atoms with Crippen LogP contribution in [-0.4, -0.2) is 26.3 Å². The van der Waals surface area contributed by atoms with Gasteiger partial charge in [0.25, 0.3) is 0 Å². The molecule has 5 rings (SSSR count).